The number of fused-ring (bicyclic) bond motifs is 1. The molecule has 2 aromatic rings. The number of rotatable bonds is 2. The van der Waals surface area contributed by atoms with Crippen LogP contribution in [-0.2, 0) is 17.6 Å². The summed E-state index contributed by atoms with van der Waals surface area (Å²) in [6, 6.07) is 3.11. The molecule has 1 heterocycles. The van der Waals surface area contributed by atoms with Gasteiger partial charge in [0.1, 0.15) is 17.5 Å². The van der Waals surface area contributed by atoms with E-state index in [0.29, 0.717) is 12.8 Å². The summed E-state index contributed by atoms with van der Waals surface area (Å²) in [5.74, 6) is -1.08. The molecule has 2 N–H and O–H groups in total. The Morgan fingerprint density at radius 1 is 1.43 bits per heavy atom. The number of hydrogen-bond donors (Lipinski definition) is 2. The van der Waals surface area contributed by atoms with Crippen LogP contribution in [0.15, 0.2) is 18.2 Å². The molecule has 0 spiro atoms. The van der Waals surface area contributed by atoms with Gasteiger partial charge < -0.3 is 10.3 Å². The molecular formula is C15H15F2N3O. The average Bonchev–Trinajstić information content (AvgIpc) is 2.80. The molecule has 1 aromatic carbocycles. The Bertz CT molecular complexity index is 696. The minimum atomic E-state index is -0.766. The SMILES string of the molecule is Cc1nc2c([nH]1)CC(C(=O)Nc1ccc(F)cc1F)CC2. The second kappa shape index (κ2) is 5.27. The van der Waals surface area contributed by atoms with Gasteiger partial charge in [0.15, 0.2) is 0 Å². The van der Waals surface area contributed by atoms with Crippen LogP contribution in [0.3, 0.4) is 0 Å². The Kier molecular flexibility index (Phi) is 3.45. The Morgan fingerprint density at radius 3 is 3.00 bits per heavy atom. The van der Waals surface area contributed by atoms with E-state index in [0.717, 1.165) is 35.8 Å². The lowest BCUT2D eigenvalue weighted by Crippen LogP contribution is -2.28. The molecule has 21 heavy (non-hydrogen) atoms. The number of anilines is 1. The molecule has 0 aliphatic heterocycles. The molecule has 1 atom stereocenters. The third-order valence-corrected chi connectivity index (χ3v) is 3.72. The monoisotopic (exact) mass is 291 g/mol. The Labute approximate surface area is 120 Å². The molecule has 1 aliphatic carbocycles. The van der Waals surface area contributed by atoms with Crippen molar-refractivity contribution in [3.63, 3.8) is 0 Å². The summed E-state index contributed by atoms with van der Waals surface area (Å²) in [4.78, 5) is 19.7. The quantitative estimate of drug-likeness (QED) is 0.894. The van der Waals surface area contributed by atoms with Crippen molar-refractivity contribution in [3.05, 3.63) is 47.0 Å². The maximum Gasteiger partial charge on any atom is 0.227 e. The van der Waals surface area contributed by atoms with Crippen LogP contribution < -0.4 is 5.32 Å². The lowest BCUT2D eigenvalue weighted by molar-refractivity contribution is -0.120. The maximum absolute atomic E-state index is 13.5. The first-order valence-corrected chi connectivity index (χ1v) is 6.83. The van der Waals surface area contributed by atoms with Gasteiger partial charge in [-0.3, -0.25) is 4.79 Å². The highest BCUT2D eigenvalue weighted by atomic mass is 19.1. The first-order valence-electron chi connectivity index (χ1n) is 6.83. The number of nitrogens with one attached hydrogen (secondary N) is 2. The Morgan fingerprint density at radius 2 is 2.24 bits per heavy atom. The highest BCUT2D eigenvalue weighted by molar-refractivity contribution is 5.92. The average molecular weight is 291 g/mol. The molecule has 0 saturated carbocycles. The largest absolute Gasteiger partial charge is 0.346 e. The summed E-state index contributed by atoms with van der Waals surface area (Å²) < 4.78 is 26.4. The van der Waals surface area contributed by atoms with Crippen molar-refractivity contribution in [1.29, 1.82) is 0 Å². The number of carbonyl (C=O) groups excluding carboxylic acids is 1. The number of imidazole rings is 1. The zero-order chi connectivity index (χ0) is 15.0. The van der Waals surface area contributed by atoms with Crippen molar-refractivity contribution >= 4 is 11.6 Å². The molecule has 1 unspecified atom stereocenters. The number of aryl methyl sites for hydroxylation is 2. The van der Waals surface area contributed by atoms with Crippen LogP contribution in [0, 0.1) is 24.5 Å². The maximum atomic E-state index is 13.5. The van der Waals surface area contributed by atoms with Crippen LogP contribution in [-0.4, -0.2) is 15.9 Å². The lowest BCUT2D eigenvalue weighted by Gasteiger charge is -2.20. The number of benzene rings is 1. The van der Waals surface area contributed by atoms with Gasteiger partial charge in [-0.1, -0.05) is 0 Å². The molecule has 110 valence electrons. The van der Waals surface area contributed by atoms with Crippen LogP contribution in [0.1, 0.15) is 23.6 Å². The third kappa shape index (κ3) is 2.79. The van der Waals surface area contributed by atoms with Crippen LogP contribution >= 0.6 is 0 Å². The van der Waals surface area contributed by atoms with Gasteiger partial charge in [-0.05, 0) is 31.9 Å². The number of amides is 1. The third-order valence-electron chi connectivity index (χ3n) is 3.72. The van der Waals surface area contributed by atoms with E-state index in [1.165, 1.54) is 6.07 Å². The fraction of sp³-hybridized carbons (Fsp3) is 0.333. The number of carbonyl (C=O) groups is 1. The molecule has 6 heteroatoms. The topological polar surface area (TPSA) is 57.8 Å². The second-order valence-corrected chi connectivity index (χ2v) is 5.30. The van der Waals surface area contributed by atoms with Gasteiger partial charge in [-0.15, -0.1) is 0 Å². The zero-order valence-electron chi connectivity index (χ0n) is 11.5. The first kappa shape index (κ1) is 13.7. The van der Waals surface area contributed by atoms with E-state index in [-0.39, 0.29) is 17.5 Å². The van der Waals surface area contributed by atoms with Gasteiger partial charge in [0.05, 0.1) is 11.4 Å². The fourth-order valence-electron chi connectivity index (χ4n) is 2.67. The van der Waals surface area contributed by atoms with E-state index in [1.54, 1.807) is 0 Å². The van der Waals surface area contributed by atoms with Crippen LogP contribution in [0.2, 0.25) is 0 Å². The lowest BCUT2D eigenvalue weighted by atomic mass is 9.89. The van der Waals surface area contributed by atoms with Crippen molar-refractivity contribution in [1.82, 2.24) is 9.97 Å². The van der Waals surface area contributed by atoms with Gasteiger partial charge in [0.25, 0.3) is 0 Å². The van der Waals surface area contributed by atoms with E-state index >= 15 is 0 Å². The van der Waals surface area contributed by atoms with E-state index < -0.39 is 11.6 Å². The minimum Gasteiger partial charge on any atom is -0.346 e. The number of aromatic amines is 1. The molecule has 0 fully saturated rings. The Balaban J connectivity index is 1.72. The highest BCUT2D eigenvalue weighted by Gasteiger charge is 2.27. The van der Waals surface area contributed by atoms with Crippen molar-refractivity contribution in [3.8, 4) is 0 Å². The summed E-state index contributed by atoms with van der Waals surface area (Å²) in [6.45, 7) is 1.88. The van der Waals surface area contributed by atoms with Crippen LogP contribution in [0.25, 0.3) is 0 Å². The van der Waals surface area contributed by atoms with Gasteiger partial charge in [0.2, 0.25) is 5.91 Å². The molecule has 0 radical (unpaired) electrons. The molecule has 1 amide bonds. The van der Waals surface area contributed by atoms with E-state index in [4.69, 9.17) is 0 Å². The first-order chi connectivity index (χ1) is 10.0. The smallest absolute Gasteiger partial charge is 0.227 e. The van der Waals surface area contributed by atoms with Gasteiger partial charge in [-0.2, -0.15) is 0 Å². The van der Waals surface area contributed by atoms with E-state index in [1.807, 2.05) is 6.92 Å². The number of H-pyrrole nitrogens is 1. The van der Waals surface area contributed by atoms with Crippen molar-refractivity contribution < 1.29 is 13.6 Å². The second-order valence-electron chi connectivity index (χ2n) is 5.30. The summed E-state index contributed by atoms with van der Waals surface area (Å²) >= 11 is 0. The fourth-order valence-corrected chi connectivity index (χ4v) is 2.67. The predicted molar refractivity (Wildman–Crippen MR) is 73.8 cm³/mol. The Hall–Kier alpha value is -2.24. The molecule has 1 aromatic heterocycles. The minimum absolute atomic E-state index is 0.00740. The summed E-state index contributed by atoms with van der Waals surface area (Å²) in [7, 11) is 0. The zero-order valence-corrected chi connectivity index (χ0v) is 11.5. The van der Waals surface area contributed by atoms with Gasteiger partial charge in [0, 0.05) is 24.1 Å². The highest BCUT2D eigenvalue weighted by Crippen LogP contribution is 2.25. The number of hydrogen-bond acceptors (Lipinski definition) is 2. The van der Waals surface area contributed by atoms with Crippen molar-refractivity contribution in [2.75, 3.05) is 5.32 Å². The van der Waals surface area contributed by atoms with Crippen LogP contribution in [0.4, 0.5) is 14.5 Å². The number of halogens is 2. The normalized spacial score (nSPS) is 17.4. The molecular weight excluding hydrogens is 276 g/mol. The van der Waals surface area contributed by atoms with Gasteiger partial charge >= 0.3 is 0 Å². The predicted octanol–water partition coefficient (Wildman–Crippen LogP) is 2.74. The van der Waals surface area contributed by atoms with E-state index in [9.17, 15) is 13.6 Å². The molecule has 4 nitrogen and oxygen atoms in total. The van der Waals surface area contributed by atoms with Crippen molar-refractivity contribution in [2.24, 2.45) is 5.92 Å². The molecule has 3 rings (SSSR count). The van der Waals surface area contributed by atoms with Gasteiger partial charge in [-0.25, -0.2) is 13.8 Å². The summed E-state index contributed by atoms with van der Waals surface area (Å²) in [5.41, 5.74) is 1.98. The summed E-state index contributed by atoms with van der Waals surface area (Å²) in [6.07, 6.45) is 1.96. The number of nitrogens with zero attached hydrogens (tertiary/aromatic N) is 1. The standard InChI is InChI=1S/C15H15F2N3O/c1-8-18-13-4-2-9(6-14(13)19-8)15(21)20-12-5-3-10(16)7-11(12)17/h3,5,7,9H,2,4,6H2,1H3,(H,18,19)(H,20,21). The molecule has 1 aliphatic rings. The van der Waals surface area contributed by atoms with E-state index in [2.05, 4.69) is 15.3 Å². The summed E-state index contributed by atoms with van der Waals surface area (Å²) in [5, 5.41) is 2.53. The number of aromatic nitrogens is 2. The molecule has 0 saturated heterocycles. The molecule has 0 bridgehead atoms. The van der Waals surface area contributed by atoms with Crippen LogP contribution in [0.5, 0.6) is 0 Å². The van der Waals surface area contributed by atoms with Crippen molar-refractivity contribution in [2.45, 2.75) is 26.2 Å².